The molecule has 6 N–H and O–H groups in total. The van der Waals surface area contributed by atoms with Gasteiger partial charge in [0, 0.05) is 89.9 Å². The Hall–Kier alpha value is -5.24. The van der Waals surface area contributed by atoms with Gasteiger partial charge >= 0.3 is 17.9 Å². The molecule has 3 rings (SSSR count). The molecule has 4 amide bonds. The van der Waals surface area contributed by atoms with E-state index < -0.39 is 35.5 Å². The summed E-state index contributed by atoms with van der Waals surface area (Å²) in [4.78, 5) is 105. The number of carboxylic acid groups (broad SMARTS) is 3. The Kier molecular flexibility index (Phi) is 19.1. The van der Waals surface area contributed by atoms with Crippen LogP contribution in [0.25, 0.3) is 0 Å². The lowest BCUT2D eigenvalue weighted by Crippen LogP contribution is -2.50. The average Bonchev–Trinajstić information content (AvgIpc) is 3.45. The van der Waals surface area contributed by atoms with Crippen LogP contribution < -0.4 is 10.6 Å². The zero-order valence-corrected chi connectivity index (χ0v) is 31.5. The first-order valence-corrected chi connectivity index (χ1v) is 18.6. The highest BCUT2D eigenvalue weighted by Crippen LogP contribution is 2.17. The molecular weight excluding hydrogens is 734 g/mol. The van der Waals surface area contributed by atoms with E-state index in [1.165, 1.54) is 24.3 Å². The normalized spacial score (nSPS) is 17.2. The minimum atomic E-state index is -1.07. The number of nitrogens with one attached hydrogen (secondary N) is 2. The van der Waals surface area contributed by atoms with E-state index >= 15 is 0 Å². The van der Waals surface area contributed by atoms with E-state index in [2.05, 4.69) is 10.6 Å². The van der Waals surface area contributed by atoms with Crippen LogP contribution in [0.3, 0.4) is 0 Å². The summed E-state index contributed by atoms with van der Waals surface area (Å²) < 4.78 is 0. The van der Waals surface area contributed by atoms with Crippen molar-refractivity contribution in [2.75, 3.05) is 98.2 Å². The lowest BCUT2D eigenvalue weighted by Gasteiger charge is -2.32. The molecule has 0 radical (unpaired) electrons. The average molecular weight is 788 g/mol. The molecule has 1 atom stereocenters. The van der Waals surface area contributed by atoms with E-state index in [4.69, 9.17) is 0 Å². The fraction of sp³-hybridized carbons (Fsp3) is 0.568. The molecule has 0 aromatic heterocycles. The zero-order valence-electron chi connectivity index (χ0n) is 31.5. The van der Waals surface area contributed by atoms with E-state index in [-0.39, 0.29) is 128 Å². The van der Waals surface area contributed by atoms with E-state index in [1.807, 2.05) is 0 Å². The van der Waals surface area contributed by atoms with Crippen LogP contribution in [0.15, 0.2) is 36.4 Å². The van der Waals surface area contributed by atoms with Crippen LogP contribution in [0.1, 0.15) is 31.2 Å². The smallest absolute Gasteiger partial charge is 0.317 e. The number of rotatable bonds is 21. The molecular formula is C37H53N7O12. The molecule has 2 heterocycles. The second kappa shape index (κ2) is 23.6. The largest absolute Gasteiger partial charge is 0.508 e. The first kappa shape index (κ1) is 45.2. The first-order chi connectivity index (χ1) is 26.7. The Morgan fingerprint density at radius 3 is 1.55 bits per heavy atom. The van der Waals surface area contributed by atoms with E-state index in [9.17, 15) is 58.8 Å². The highest BCUT2D eigenvalue weighted by atomic mass is 16.4. The summed E-state index contributed by atoms with van der Waals surface area (Å²) in [5, 5.41) is 43.4. The minimum Gasteiger partial charge on any atom is -0.508 e. The Bertz CT molecular complexity index is 1520. The number of aromatic hydroxyl groups is 1. The number of unbranched alkanes of at least 4 members (excludes halogenated alkanes) is 2. The standard InChI is InChI=1S/C37H53N7O12/c45-29-6-4-27(5-7-29)20-28(37(56)38-10-2-1-3-11-44-32(48)8-9-33(44)49)21-30(46)22-39-31(47)23-40-12-14-41(24-34(50)51)16-18-43(26-36(54)55)19-17-42(15-13-40)25-35(52)53/h4-9,28,45H,1-3,10-26H2,(H,38,56)(H,39,47)(H,50,51)(H,52,53)(H,54,55)/t28-/m1/s1. The molecule has 1 aromatic carbocycles. The molecule has 0 spiro atoms. The number of carboxylic acids is 3. The summed E-state index contributed by atoms with van der Waals surface area (Å²) >= 11 is 0. The number of hydrogen-bond donors (Lipinski definition) is 6. The van der Waals surface area contributed by atoms with Crippen LogP contribution in [-0.2, 0) is 44.8 Å². The van der Waals surface area contributed by atoms with Crippen LogP contribution in [0.5, 0.6) is 5.75 Å². The molecule has 1 saturated heterocycles. The number of hydrogen-bond acceptors (Lipinski definition) is 13. The molecule has 19 nitrogen and oxygen atoms in total. The lowest BCUT2D eigenvalue weighted by atomic mass is 9.93. The third-order valence-corrected chi connectivity index (χ3v) is 9.38. The monoisotopic (exact) mass is 787 g/mol. The molecule has 1 aromatic rings. The van der Waals surface area contributed by atoms with Crippen LogP contribution >= 0.6 is 0 Å². The number of phenols is 1. The highest BCUT2D eigenvalue weighted by Gasteiger charge is 2.25. The van der Waals surface area contributed by atoms with Gasteiger partial charge in [-0.2, -0.15) is 0 Å². The molecule has 0 saturated carbocycles. The number of carbonyl (C=O) groups excluding carboxylic acids is 5. The predicted octanol–water partition coefficient (Wildman–Crippen LogP) is -1.69. The van der Waals surface area contributed by atoms with Gasteiger partial charge in [-0.15, -0.1) is 0 Å². The Balaban J connectivity index is 1.56. The number of imide groups is 1. The minimum absolute atomic E-state index is 0.0467. The van der Waals surface area contributed by atoms with Crippen molar-refractivity contribution in [3.8, 4) is 5.75 Å². The predicted molar refractivity (Wildman–Crippen MR) is 199 cm³/mol. The molecule has 0 bridgehead atoms. The van der Waals surface area contributed by atoms with Crippen molar-refractivity contribution in [1.82, 2.24) is 35.1 Å². The SMILES string of the molecule is O=C(O)CN1CCN(CC(=O)O)CCN(CC(=O)NCC(=O)C[C@@H](Cc2ccc(O)cc2)C(=O)NCCCCCN2C(=O)C=CC2=O)CCN(CC(=O)O)CC1. The van der Waals surface area contributed by atoms with Crippen LogP contribution in [0.4, 0.5) is 0 Å². The van der Waals surface area contributed by atoms with Gasteiger partial charge in [0.15, 0.2) is 5.78 Å². The van der Waals surface area contributed by atoms with Crippen molar-refractivity contribution in [2.24, 2.45) is 5.92 Å². The van der Waals surface area contributed by atoms with E-state index in [0.29, 0.717) is 31.4 Å². The maximum Gasteiger partial charge on any atom is 0.317 e. The molecule has 1 fully saturated rings. The van der Waals surface area contributed by atoms with Gasteiger partial charge in [-0.1, -0.05) is 12.1 Å². The fourth-order valence-electron chi connectivity index (χ4n) is 6.34. The van der Waals surface area contributed by atoms with Crippen molar-refractivity contribution in [3.63, 3.8) is 0 Å². The van der Waals surface area contributed by atoms with Crippen molar-refractivity contribution in [1.29, 1.82) is 0 Å². The number of amides is 4. The number of carbonyl (C=O) groups is 8. The van der Waals surface area contributed by atoms with Gasteiger partial charge in [-0.3, -0.25) is 62.9 Å². The fourth-order valence-corrected chi connectivity index (χ4v) is 6.34. The molecule has 2 aliphatic heterocycles. The maximum absolute atomic E-state index is 13.3. The van der Waals surface area contributed by atoms with Crippen LogP contribution in [-0.4, -0.2) is 190 Å². The third-order valence-electron chi connectivity index (χ3n) is 9.38. The van der Waals surface area contributed by atoms with Gasteiger partial charge in [0.2, 0.25) is 11.8 Å². The number of ketones is 1. The van der Waals surface area contributed by atoms with Gasteiger partial charge in [-0.25, -0.2) is 0 Å². The third kappa shape index (κ3) is 17.5. The highest BCUT2D eigenvalue weighted by molar-refractivity contribution is 6.12. The summed E-state index contributed by atoms with van der Waals surface area (Å²) in [5.74, 6) is -5.90. The van der Waals surface area contributed by atoms with E-state index in [0.717, 1.165) is 4.90 Å². The Morgan fingerprint density at radius 1 is 0.625 bits per heavy atom. The summed E-state index contributed by atoms with van der Waals surface area (Å²) in [6.45, 7) is 0.993. The first-order valence-electron chi connectivity index (χ1n) is 18.6. The van der Waals surface area contributed by atoms with Crippen LogP contribution in [0.2, 0.25) is 0 Å². The molecule has 0 aliphatic carbocycles. The van der Waals surface area contributed by atoms with Gasteiger partial charge in [-0.05, 0) is 43.4 Å². The maximum atomic E-state index is 13.3. The summed E-state index contributed by atoms with van der Waals surface area (Å²) in [6.07, 6.45) is 4.24. The zero-order chi connectivity index (χ0) is 41.0. The molecule has 0 unspecified atom stereocenters. The number of phenolic OH excluding ortho intramolecular Hbond substituents is 1. The second-order valence-electron chi connectivity index (χ2n) is 13.9. The van der Waals surface area contributed by atoms with Gasteiger partial charge < -0.3 is 31.1 Å². The van der Waals surface area contributed by atoms with Crippen molar-refractivity contribution in [2.45, 2.75) is 32.1 Å². The lowest BCUT2D eigenvalue weighted by molar-refractivity contribution is -0.140. The number of benzene rings is 1. The molecule has 19 heteroatoms. The summed E-state index contributed by atoms with van der Waals surface area (Å²) in [5.41, 5.74) is 0.715. The number of nitrogens with zero attached hydrogens (tertiary/aromatic N) is 5. The molecule has 2 aliphatic rings. The van der Waals surface area contributed by atoms with Gasteiger partial charge in [0.1, 0.15) is 5.75 Å². The summed E-state index contributed by atoms with van der Waals surface area (Å²) in [6, 6.07) is 6.25. The quantitative estimate of drug-likeness (QED) is 0.0600. The number of aliphatic carboxylic acids is 3. The van der Waals surface area contributed by atoms with Crippen LogP contribution in [0, 0.1) is 5.92 Å². The van der Waals surface area contributed by atoms with Crippen molar-refractivity contribution < 1.29 is 58.8 Å². The van der Waals surface area contributed by atoms with Gasteiger partial charge in [0.05, 0.1) is 32.7 Å². The van der Waals surface area contributed by atoms with Gasteiger partial charge in [0.25, 0.3) is 11.8 Å². The second-order valence-corrected chi connectivity index (χ2v) is 13.9. The Morgan fingerprint density at radius 2 is 1.09 bits per heavy atom. The molecule has 56 heavy (non-hydrogen) atoms. The Labute approximate surface area is 324 Å². The summed E-state index contributed by atoms with van der Waals surface area (Å²) in [7, 11) is 0. The van der Waals surface area contributed by atoms with E-state index in [1.54, 1.807) is 31.7 Å². The van der Waals surface area contributed by atoms with Crippen molar-refractivity contribution in [3.05, 3.63) is 42.0 Å². The molecule has 308 valence electrons. The van der Waals surface area contributed by atoms with Crippen molar-refractivity contribution >= 4 is 47.3 Å². The topological polar surface area (TPSA) is 258 Å². The number of Topliss-reactive ketones (excluding diaryl/α,β-unsaturated/α-hetero) is 1.